The monoisotopic (exact) mass is 264 g/mol. The van der Waals surface area contributed by atoms with Gasteiger partial charge in [0.1, 0.15) is 5.82 Å². The van der Waals surface area contributed by atoms with E-state index in [1.165, 1.54) is 11.1 Å². The molecular weight excluding hydrogens is 248 g/mol. The molecule has 3 heteroatoms. The number of nitrogens with zero attached hydrogens (tertiary/aromatic N) is 2. The molecule has 20 heavy (non-hydrogen) atoms. The molecule has 0 fully saturated rings. The van der Waals surface area contributed by atoms with E-state index >= 15 is 0 Å². The van der Waals surface area contributed by atoms with Crippen molar-refractivity contribution in [3.05, 3.63) is 58.7 Å². The lowest BCUT2D eigenvalue weighted by atomic mass is 9.95. The first-order chi connectivity index (χ1) is 9.81. The maximum atomic E-state index is 11.8. The van der Waals surface area contributed by atoms with Crippen LogP contribution in [0.1, 0.15) is 51.8 Å². The highest BCUT2D eigenvalue weighted by Crippen LogP contribution is 2.32. The van der Waals surface area contributed by atoms with Crippen LogP contribution in [0.25, 0.3) is 0 Å². The van der Waals surface area contributed by atoms with Crippen molar-refractivity contribution in [2.75, 3.05) is 0 Å². The minimum Gasteiger partial charge on any atom is -0.294 e. The molecule has 0 aliphatic heterocycles. The lowest BCUT2D eigenvalue weighted by Crippen LogP contribution is -2.16. The predicted molar refractivity (Wildman–Crippen MR) is 75.9 cm³/mol. The van der Waals surface area contributed by atoms with Crippen molar-refractivity contribution in [2.24, 2.45) is 0 Å². The zero-order chi connectivity index (χ0) is 13.5. The van der Waals surface area contributed by atoms with Gasteiger partial charge >= 0.3 is 0 Å². The van der Waals surface area contributed by atoms with E-state index in [1.54, 1.807) is 6.20 Å². The summed E-state index contributed by atoms with van der Waals surface area (Å²) in [4.78, 5) is 21.0. The second-order valence-corrected chi connectivity index (χ2v) is 5.74. The first-order valence-corrected chi connectivity index (χ1v) is 7.27. The largest absolute Gasteiger partial charge is 0.294 e. The van der Waals surface area contributed by atoms with E-state index in [0.717, 1.165) is 42.8 Å². The van der Waals surface area contributed by atoms with Crippen LogP contribution < -0.4 is 0 Å². The van der Waals surface area contributed by atoms with Gasteiger partial charge in [-0.05, 0) is 36.8 Å². The van der Waals surface area contributed by atoms with Gasteiger partial charge < -0.3 is 0 Å². The Labute approximate surface area is 118 Å². The molecule has 0 atom stereocenters. The molecule has 0 N–H and O–H groups in total. The maximum absolute atomic E-state index is 11.8. The van der Waals surface area contributed by atoms with Gasteiger partial charge in [0.2, 0.25) is 0 Å². The molecule has 4 rings (SSSR count). The molecule has 2 aliphatic carbocycles. The van der Waals surface area contributed by atoms with Crippen LogP contribution in [0.15, 0.2) is 30.5 Å². The third-order valence-corrected chi connectivity index (χ3v) is 4.42. The standard InChI is InChI=1S/C17H16N2O/c20-16-7-3-6-15-14(16)10-18-17(19-15)13-8-11-4-1-2-5-12(11)9-13/h1-2,4-5,10,13H,3,6-9H2. The minimum absolute atomic E-state index is 0.201. The van der Waals surface area contributed by atoms with Gasteiger partial charge in [-0.25, -0.2) is 9.97 Å². The van der Waals surface area contributed by atoms with Crippen molar-refractivity contribution in [3.8, 4) is 0 Å². The van der Waals surface area contributed by atoms with Crippen molar-refractivity contribution >= 4 is 5.78 Å². The highest BCUT2D eigenvalue weighted by molar-refractivity contribution is 5.97. The quantitative estimate of drug-likeness (QED) is 0.795. The number of hydrogen-bond donors (Lipinski definition) is 0. The summed E-state index contributed by atoms with van der Waals surface area (Å²) in [6, 6.07) is 8.57. The van der Waals surface area contributed by atoms with Gasteiger partial charge in [0.15, 0.2) is 5.78 Å². The van der Waals surface area contributed by atoms with E-state index in [0.29, 0.717) is 12.3 Å². The Bertz CT molecular complexity index is 668. The molecule has 3 nitrogen and oxygen atoms in total. The summed E-state index contributed by atoms with van der Waals surface area (Å²) in [6.45, 7) is 0. The number of fused-ring (bicyclic) bond motifs is 2. The van der Waals surface area contributed by atoms with Crippen LogP contribution in [0.3, 0.4) is 0 Å². The summed E-state index contributed by atoms with van der Waals surface area (Å²) in [5, 5.41) is 0. The van der Waals surface area contributed by atoms with E-state index in [-0.39, 0.29) is 5.78 Å². The Morgan fingerprint density at radius 3 is 2.55 bits per heavy atom. The lowest BCUT2D eigenvalue weighted by Gasteiger charge is -2.15. The van der Waals surface area contributed by atoms with Crippen molar-refractivity contribution < 1.29 is 4.79 Å². The third kappa shape index (κ3) is 1.85. The summed E-state index contributed by atoms with van der Waals surface area (Å²) in [7, 11) is 0. The first-order valence-electron chi connectivity index (χ1n) is 7.27. The second-order valence-electron chi connectivity index (χ2n) is 5.74. The Balaban J connectivity index is 1.66. The van der Waals surface area contributed by atoms with Gasteiger partial charge in [0, 0.05) is 18.5 Å². The Morgan fingerprint density at radius 2 is 1.80 bits per heavy atom. The Morgan fingerprint density at radius 1 is 1.05 bits per heavy atom. The molecule has 1 aromatic carbocycles. The summed E-state index contributed by atoms with van der Waals surface area (Å²) in [6.07, 6.45) is 6.27. The van der Waals surface area contributed by atoms with E-state index in [9.17, 15) is 4.79 Å². The van der Waals surface area contributed by atoms with Crippen LogP contribution in [0.2, 0.25) is 0 Å². The zero-order valence-corrected chi connectivity index (χ0v) is 11.3. The molecule has 0 saturated heterocycles. The van der Waals surface area contributed by atoms with Crippen molar-refractivity contribution in [3.63, 3.8) is 0 Å². The molecule has 0 spiro atoms. The average Bonchev–Trinajstić information content (AvgIpc) is 2.91. The Hall–Kier alpha value is -2.03. The van der Waals surface area contributed by atoms with E-state index < -0.39 is 0 Å². The third-order valence-electron chi connectivity index (χ3n) is 4.42. The fourth-order valence-corrected chi connectivity index (χ4v) is 3.35. The van der Waals surface area contributed by atoms with Crippen molar-refractivity contribution in [2.45, 2.75) is 38.0 Å². The van der Waals surface area contributed by atoms with E-state index in [4.69, 9.17) is 4.98 Å². The average molecular weight is 264 g/mol. The zero-order valence-electron chi connectivity index (χ0n) is 11.3. The molecule has 1 aromatic heterocycles. The SMILES string of the molecule is O=C1CCCc2nc(C3Cc4ccccc4C3)ncc21. The normalized spacial score (nSPS) is 17.9. The molecule has 0 radical (unpaired) electrons. The molecule has 100 valence electrons. The topological polar surface area (TPSA) is 42.9 Å². The second kappa shape index (κ2) is 4.51. The molecule has 2 aliphatic rings. The summed E-state index contributed by atoms with van der Waals surface area (Å²) < 4.78 is 0. The van der Waals surface area contributed by atoms with Crippen LogP contribution in [-0.4, -0.2) is 15.8 Å². The highest BCUT2D eigenvalue weighted by atomic mass is 16.1. The molecule has 0 unspecified atom stereocenters. The number of rotatable bonds is 1. The van der Waals surface area contributed by atoms with Gasteiger partial charge in [-0.3, -0.25) is 4.79 Å². The van der Waals surface area contributed by atoms with Crippen molar-refractivity contribution in [1.29, 1.82) is 0 Å². The van der Waals surface area contributed by atoms with Gasteiger partial charge in [-0.15, -0.1) is 0 Å². The first kappa shape index (κ1) is 11.8. The number of carbonyl (C=O) groups is 1. The van der Waals surface area contributed by atoms with Crippen LogP contribution >= 0.6 is 0 Å². The fourth-order valence-electron chi connectivity index (χ4n) is 3.35. The predicted octanol–water partition coefficient (Wildman–Crippen LogP) is 2.88. The lowest BCUT2D eigenvalue weighted by molar-refractivity contribution is 0.0971. The van der Waals surface area contributed by atoms with Gasteiger partial charge in [-0.2, -0.15) is 0 Å². The number of carbonyl (C=O) groups excluding carboxylic acids is 1. The van der Waals surface area contributed by atoms with Crippen LogP contribution in [-0.2, 0) is 19.3 Å². The molecule has 0 bridgehead atoms. The molecule has 2 aromatic rings. The summed E-state index contributed by atoms with van der Waals surface area (Å²) in [5.74, 6) is 1.48. The maximum Gasteiger partial charge on any atom is 0.166 e. The van der Waals surface area contributed by atoms with Gasteiger partial charge in [-0.1, -0.05) is 24.3 Å². The highest BCUT2D eigenvalue weighted by Gasteiger charge is 2.26. The summed E-state index contributed by atoms with van der Waals surface area (Å²) >= 11 is 0. The summed E-state index contributed by atoms with van der Waals surface area (Å²) in [5.41, 5.74) is 4.53. The number of Topliss-reactive ketones (excluding diaryl/α,β-unsaturated/α-hetero) is 1. The van der Waals surface area contributed by atoms with Crippen molar-refractivity contribution in [1.82, 2.24) is 9.97 Å². The number of hydrogen-bond acceptors (Lipinski definition) is 3. The molecule has 1 heterocycles. The fraction of sp³-hybridized carbons (Fsp3) is 0.353. The van der Waals surface area contributed by atoms with Gasteiger partial charge in [0.05, 0.1) is 11.3 Å². The number of aromatic nitrogens is 2. The minimum atomic E-state index is 0.201. The molecule has 0 amide bonds. The van der Waals surface area contributed by atoms with Crippen LogP contribution in [0.5, 0.6) is 0 Å². The number of ketones is 1. The van der Waals surface area contributed by atoms with Gasteiger partial charge in [0.25, 0.3) is 0 Å². The Kier molecular flexibility index (Phi) is 2.66. The molecule has 0 saturated carbocycles. The number of aryl methyl sites for hydroxylation is 1. The number of benzene rings is 1. The van der Waals surface area contributed by atoms with Crippen LogP contribution in [0.4, 0.5) is 0 Å². The van der Waals surface area contributed by atoms with E-state index in [2.05, 4.69) is 29.2 Å². The van der Waals surface area contributed by atoms with Crippen LogP contribution in [0, 0.1) is 0 Å². The smallest absolute Gasteiger partial charge is 0.166 e. The van der Waals surface area contributed by atoms with E-state index in [1.807, 2.05) is 0 Å². The molecular formula is C17H16N2O.